The van der Waals surface area contributed by atoms with Gasteiger partial charge < -0.3 is 5.73 Å². The molecule has 0 atom stereocenters. The van der Waals surface area contributed by atoms with Gasteiger partial charge in [0.2, 0.25) is 0 Å². The van der Waals surface area contributed by atoms with E-state index in [0.717, 1.165) is 5.56 Å². The van der Waals surface area contributed by atoms with E-state index in [9.17, 15) is 8.42 Å². The molecule has 0 amide bonds. The van der Waals surface area contributed by atoms with Crippen LogP contribution in [0, 0.1) is 6.92 Å². The molecule has 0 unspecified atom stereocenters. The van der Waals surface area contributed by atoms with Crippen LogP contribution in [0.1, 0.15) is 11.1 Å². The van der Waals surface area contributed by atoms with Crippen LogP contribution >= 0.6 is 27.5 Å². The number of sulfonamides is 1. The molecule has 0 spiro atoms. The fourth-order valence-electron chi connectivity index (χ4n) is 1.87. The number of halogens is 2. The van der Waals surface area contributed by atoms with Crippen LogP contribution in [0.5, 0.6) is 0 Å². The summed E-state index contributed by atoms with van der Waals surface area (Å²) in [6.07, 6.45) is 0. The molecule has 0 aliphatic rings. The van der Waals surface area contributed by atoms with E-state index in [4.69, 9.17) is 17.3 Å². The van der Waals surface area contributed by atoms with Crippen LogP contribution in [-0.2, 0) is 16.6 Å². The van der Waals surface area contributed by atoms with Crippen LogP contribution in [0.3, 0.4) is 0 Å². The number of anilines is 1. The minimum Gasteiger partial charge on any atom is -0.326 e. The van der Waals surface area contributed by atoms with Gasteiger partial charge >= 0.3 is 0 Å². The summed E-state index contributed by atoms with van der Waals surface area (Å²) < 4.78 is 28.3. The lowest BCUT2D eigenvalue weighted by molar-refractivity contribution is 0.600. The second-order valence-corrected chi connectivity index (χ2v) is 7.46. The Balaban J connectivity index is 2.47. The number of hydrogen-bond donors (Lipinski definition) is 2. The summed E-state index contributed by atoms with van der Waals surface area (Å²) in [5.41, 5.74) is 7.37. The summed E-state index contributed by atoms with van der Waals surface area (Å²) in [5.74, 6) is 0. The van der Waals surface area contributed by atoms with Crippen LogP contribution in [0.25, 0.3) is 0 Å². The highest BCUT2D eigenvalue weighted by Gasteiger charge is 2.19. The smallest absolute Gasteiger partial charge is 0.262 e. The molecule has 2 aromatic carbocycles. The average Bonchev–Trinajstić information content (AvgIpc) is 2.41. The highest BCUT2D eigenvalue weighted by atomic mass is 79.9. The van der Waals surface area contributed by atoms with E-state index in [1.54, 1.807) is 37.3 Å². The van der Waals surface area contributed by atoms with Crippen molar-refractivity contribution in [2.75, 3.05) is 4.72 Å². The van der Waals surface area contributed by atoms with Crippen molar-refractivity contribution in [3.8, 4) is 0 Å². The Bertz CT molecular complexity index is 779. The second-order valence-electron chi connectivity index (χ2n) is 4.52. The standard InChI is InChI=1S/C14H14BrClN2O2S/c1-9-13(15)5-10(8-17)6-14(9)21(19,20)18-12-4-2-3-11(16)7-12/h2-7,18H,8,17H2,1H3. The lowest BCUT2D eigenvalue weighted by atomic mass is 10.1. The lowest BCUT2D eigenvalue weighted by Crippen LogP contribution is -2.15. The molecule has 2 rings (SSSR count). The molecule has 4 nitrogen and oxygen atoms in total. The number of benzene rings is 2. The van der Waals surface area contributed by atoms with Crippen LogP contribution in [0.15, 0.2) is 45.8 Å². The maximum absolute atomic E-state index is 12.5. The van der Waals surface area contributed by atoms with Gasteiger partial charge in [-0.05, 0) is 48.4 Å². The summed E-state index contributed by atoms with van der Waals surface area (Å²) in [4.78, 5) is 0.192. The quantitative estimate of drug-likeness (QED) is 0.838. The first-order chi connectivity index (χ1) is 9.83. The number of nitrogens with one attached hydrogen (secondary N) is 1. The monoisotopic (exact) mass is 388 g/mol. The normalized spacial score (nSPS) is 11.4. The third kappa shape index (κ3) is 3.77. The first kappa shape index (κ1) is 16.3. The molecule has 0 heterocycles. The van der Waals surface area contributed by atoms with E-state index < -0.39 is 10.0 Å². The Morgan fingerprint density at radius 2 is 2.00 bits per heavy atom. The highest BCUT2D eigenvalue weighted by molar-refractivity contribution is 9.10. The van der Waals surface area contributed by atoms with Gasteiger partial charge in [0.25, 0.3) is 10.0 Å². The van der Waals surface area contributed by atoms with E-state index in [1.165, 1.54) is 0 Å². The zero-order chi connectivity index (χ0) is 15.6. The molecular formula is C14H14BrClN2O2S. The molecule has 0 saturated heterocycles. The van der Waals surface area contributed by atoms with Crippen LogP contribution in [0.2, 0.25) is 5.02 Å². The second kappa shape index (κ2) is 6.36. The van der Waals surface area contributed by atoms with Crippen molar-refractivity contribution in [3.05, 3.63) is 57.0 Å². The molecule has 0 radical (unpaired) electrons. The summed E-state index contributed by atoms with van der Waals surface area (Å²) in [5, 5.41) is 0.462. The molecule has 0 saturated carbocycles. The first-order valence-corrected chi connectivity index (χ1v) is 8.76. The van der Waals surface area contributed by atoms with Crippen molar-refractivity contribution >= 4 is 43.2 Å². The van der Waals surface area contributed by atoms with Gasteiger partial charge in [0.1, 0.15) is 0 Å². The predicted octanol–water partition coefficient (Wildman–Crippen LogP) is 3.67. The van der Waals surface area contributed by atoms with E-state index in [-0.39, 0.29) is 11.4 Å². The molecule has 0 aliphatic carbocycles. The van der Waals surface area contributed by atoms with E-state index >= 15 is 0 Å². The number of rotatable bonds is 4. The Hall–Kier alpha value is -1.08. The van der Waals surface area contributed by atoms with E-state index in [0.29, 0.717) is 20.7 Å². The molecule has 0 aromatic heterocycles. The molecule has 7 heteroatoms. The Labute approximate surface area is 137 Å². The summed E-state index contributed by atoms with van der Waals surface area (Å²) >= 11 is 9.22. The van der Waals surface area contributed by atoms with Crippen LogP contribution < -0.4 is 10.5 Å². The zero-order valence-electron chi connectivity index (χ0n) is 11.2. The van der Waals surface area contributed by atoms with Gasteiger partial charge in [-0.25, -0.2) is 8.42 Å². The maximum Gasteiger partial charge on any atom is 0.262 e. The minimum absolute atomic E-state index is 0.192. The van der Waals surface area contributed by atoms with Gasteiger partial charge in [0.05, 0.1) is 10.6 Å². The fourth-order valence-corrected chi connectivity index (χ4v) is 4.06. The summed E-state index contributed by atoms with van der Waals surface area (Å²) in [7, 11) is -3.71. The van der Waals surface area contributed by atoms with Crippen molar-refractivity contribution in [2.45, 2.75) is 18.4 Å². The Morgan fingerprint density at radius 1 is 1.29 bits per heavy atom. The van der Waals surface area contributed by atoms with Gasteiger partial charge in [0.15, 0.2) is 0 Å². The van der Waals surface area contributed by atoms with Gasteiger partial charge in [-0.3, -0.25) is 4.72 Å². The van der Waals surface area contributed by atoms with Crippen molar-refractivity contribution < 1.29 is 8.42 Å². The van der Waals surface area contributed by atoms with Crippen LogP contribution in [0.4, 0.5) is 5.69 Å². The molecule has 2 aromatic rings. The van der Waals surface area contributed by atoms with Gasteiger partial charge in [-0.15, -0.1) is 0 Å². The number of hydrogen-bond acceptors (Lipinski definition) is 3. The third-order valence-electron chi connectivity index (χ3n) is 2.96. The Morgan fingerprint density at radius 3 is 2.62 bits per heavy atom. The zero-order valence-corrected chi connectivity index (χ0v) is 14.4. The third-order valence-corrected chi connectivity index (χ3v) is 5.52. The van der Waals surface area contributed by atoms with Gasteiger partial charge in [-0.1, -0.05) is 33.6 Å². The molecular weight excluding hydrogens is 376 g/mol. The molecule has 21 heavy (non-hydrogen) atoms. The first-order valence-electron chi connectivity index (χ1n) is 6.11. The summed E-state index contributed by atoms with van der Waals surface area (Å²) in [6.45, 7) is 2.00. The molecule has 112 valence electrons. The highest BCUT2D eigenvalue weighted by Crippen LogP contribution is 2.27. The van der Waals surface area contributed by atoms with E-state index in [1.807, 2.05) is 6.07 Å². The fraction of sp³-hybridized carbons (Fsp3) is 0.143. The SMILES string of the molecule is Cc1c(Br)cc(CN)cc1S(=O)(=O)Nc1cccc(Cl)c1. The van der Waals surface area contributed by atoms with Crippen LogP contribution in [-0.4, -0.2) is 8.42 Å². The lowest BCUT2D eigenvalue weighted by Gasteiger charge is -2.13. The largest absolute Gasteiger partial charge is 0.326 e. The molecule has 0 aliphatic heterocycles. The number of nitrogens with two attached hydrogens (primary N) is 1. The Kier molecular flexibility index (Phi) is 4.93. The van der Waals surface area contributed by atoms with Crippen molar-refractivity contribution in [3.63, 3.8) is 0 Å². The molecule has 0 fully saturated rings. The van der Waals surface area contributed by atoms with Gasteiger partial charge in [-0.2, -0.15) is 0 Å². The summed E-state index contributed by atoms with van der Waals surface area (Å²) in [6, 6.07) is 9.94. The average molecular weight is 390 g/mol. The van der Waals surface area contributed by atoms with Gasteiger partial charge in [0, 0.05) is 16.0 Å². The van der Waals surface area contributed by atoms with Crippen molar-refractivity contribution in [1.29, 1.82) is 0 Å². The molecule has 0 bridgehead atoms. The van der Waals surface area contributed by atoms with E-state index in [2.05, 4.69) is 20.7 Å². The van der Waals surface area contributed by atoms with Crippen molar-refractivity contribution in [1.82, 2.24) is 0 Å². The molecule has 3 N–H and O–H groups in total. The predicted molar refractivity (Wildman–Crippen MR) is 89.0 cm³/mol. The maximum atomic E-state index is 12.5. The van der Waals surface area contributed by atoms with Crippen molar-refractivity contribution in [2.24, 2.45) is 5.73 Å². The minimum atomic E-state index is -3.71. The topological polar surface area (TPSA) is 72.2 Å².